The molecule has 0 aliphatic heterocycles. The van der Waals surface area contributed by atoms with Gasteiger partial charge in [0, 0.05) is 0 Å². The van der Waals surface area contributed by atoms with Crippen LogP contribution >= 0.6 is 0 Å². The summed E-state index contributed by atoms with van der Waals surface area (Å²) in [6.45, 7) is 11.1. The average Bonchev–Trinajstić information content (AvgIpc) is 3.26. The smallest absolute Gasteiger partial charge is 1.00 e. The molecule has 0 radical (unpaired) electrons. The average molecular weight is 447 g/mol. The topological polar surface area (TPSA) is 0 Å². The molecule has 3 heteroatoms. The van der Waals surface area contributed by atoms with Crippen molar-refractivity contribution in [1.82, 2.24) is 0 Å². The second-order valence-electron chi connectivity index (χ2n) is 6.05. The maximum atomic E-state index is 3.38. The van der Waals surface area contributed by atoms with Gasteiger partial charge in [0.1, 0.15) is 0 Å². The summed E-state index contributed by atoms with van der Waals surface area (Å²) in [5.74, 6) is 0. The molecule has 0 aliphatic rings. The molecule has 0 N–H and O–H groups in total. The van der Waals surface area contributed by atoms with Crippen molar-refractivity contribution in [3.63, 3.8) is 0 Å². The molecule has 0 atom stereocenters. The van der Waals surface area contributed by atoms with E-state index in [-0.39, 0.29) is 46.5 Å². The number of aryl methyl sites for hydroxylation is 2. The third-order valence-corrected chi connectivity index (χ3v) is 4.17. The summed E-state index contributed by atoms with van der Waals surface area (Å²) < 4.78 is 0. The zero-order chi connectivity index (χ0) is 18.1. The van der Waals surface area contributed by atoms with Gasteiger partial charge in [0.25, 0.3) is 0 Å². The van der Waals surface area contributed by atoms with E-state index in [9.17, 15) is 0 Å². The molecule has 0 saturated heterocycles. The van der Waals surface area contributed by atoms with E-state index in [0.29, 0.717) is 0 Å². The molecule has 0 unspecified atom stereocenters. The van der Waals surface area contributed by atoms with Crippen molar-refractivity contribution in [2.75, 3.05) is 0 Å². The first-order valence-corrected chi connectivity index (χ1v) is 9.09. The van der Waals surface area contributed by atoms with Crippen molar-refractivity contribution in [2.45, 2.75) is 33.1 Å². The minimum atomic E-state index is 0. The van der Waals surface area contributed by atoms with E-state index in [1.165, 1.54) is 32.7 Å². The van der Waals surface area contributed by atoms with Crippen molar-refractivity contribution in [3.8, 4) is 0 Å². The summed E-state index contributed by atoms with van der Waals surface area (Å²) >= 11 is 0. The Kier molecular flexibility index (Phi) is 16.5. The number of halogens is 2. The van der Waals surface area contributed by atoms with Crippen molar-refractivity contribution in [1.29, 1.82) is 0 Å². The number of benzene rings is 2. The van der Waals surface area contributed by atoms with Crippen LogP contribution in [0.1, 0.15) is 31.4 Å². The SMILES string of the molecule is CCc1cc2ccccc2[cH-]1.CCc1cc2ccccc2[cH-]1.[CH2-]C[CH2-].[Cl-].[Cl-].[Ti+2]. The van der Waals surface area contributed by atoms with Crippen LogP contribution in [0.25, 0.3) is 21.5 Å². The molecule has 0 heterocycles. The fourth-order valence-electron chi connectivity index (χ4n) is 2.84. The van der Waals surface area contributed by atoms with Crippen molar-refractivity contribution < 1.29 is 46.5 Å². The second-order valence-corrected chi connectivity index (χ2v) is 6.05. The number of fused-ring (bicyclic) bond motifs is 2. The molecule has 0 spiro atoms. The third kappa shape index (κ3) is 8.54. The zero-order valence-corrected chi connectivity index (χ0v) is 19.8. The molecule has 0 nitrogen and oxygen atoms in total. The van der Waals surface area contributed by atoms with Gasteiger partial charge in [-0.1, -0.05) is 26.0 Å². The molecule has 4 rings (SSSR count). The fraction of sp³-hybridized carbons (Fsp3) is 0.200. The van der Waals surface area contributed by atoms with Crippen LogP contribution in [-0.4, -0.2) is 0 Å². The van der Waals surface area contributed by atoms with E-state index in [0.717, 1.165) is 19.3 Å². The molecule has 4 aromatic carbocycles. The van der Waals surface area contributed by atoms with Crippen molar-refractivity contribution in [3.05, 3.63) is 97.8 Å². The summed E-state index contributed by atoms with van der Waals surface area (Å²) in [7, 11) is 0. The Morgan fingerprint density at radius 1 is 0.679 bits per heavy atom. The van der Waals surface area contributed by atoms with E-state index < -0.39 is 0 Å². The molecule has 0 aromatic heterocycles. The molecule has 0 bridgehead atoms. The predicted octanol–water partition coefficient (Wildman–Crippen LogP) is 1.29. The molecule has 0 fully saturated rings. The Hall–Kier alpha value is -1.05. The van der Waals surface area contributed by atoms with Crippen LogP contribution in [0.2, 0.25) is 0 Å². The fourth-order valence-corrected chi connectivity index (χ4v) is 2.84. The number of rotatable bonds is 2. The summed E-state index contributed by atoms with van der Waals surface area (Å²) in [6, 6.07) is 26.0. The summed E-state index contributed by atoms with van der Waals surface area (Å²) in [5.41, 5.74) is 2.87. The van der Waals surface area contributed by atoms with E-state index in [1.807, 2.05) is 0 Å². The molecule has 0 aliphatic carbocycles. The summed E-state index contributed by atoms with van der Waals surface area (Å²) in [4.78, 5) is 0. The van der Waals surface area contributed by atoms with E-state index >= 15 is 0 Å². The van der Waals surface area contributed by atoms with Crippen LogP contribution in [0.3, 0.4) is 0 Å². The number of hydrogen-bond donors (Lipinski definition) is 0. The van der Waals surface area contributed by atoms with Gasteiger partial charge < -0.3 is 45.1 Å². The van der Waals surface area contributed by atoms with Gasteiger partial charge >= 0.3 is 21.7 Å². The predicted molar refractivity (Wildman–Crippen MR) is 113 cm³/mol. The minimum Gasteiger partial charge on any atom is -1.00 e. The van der Waals surface area contributed by atoms with Crippen LogP contribution < -0.4 is 24.8 Å². The van der Waals surface area contributed by atoms with Crippen LogP contribution in [-0.2, 0) is 34.6 Å². The van der Waals surface area contributed by atoms with Crippen LogP contribution in [0.15, 0.2) is 72.8 Å². The van der Waals surface area contributed by atoms with Crippen LogP contribution in [0.4, 0.5) is 0 Å². The molecule has 150 valence electrons. The molecule has 4 aromatic rings. The Bertz CT molecular complexity index is 749. The minimum absolute atomic E-state index is 0. The van der Waals surface area contributed by atoms with Gasteiger partial charge in [0.2, 0.25) is 0 Å². The van der Waals surface area contributed by atoms with E-state index in [4.69, 9.17) is 0 Å². The third-order valence-electron chi connectivity index (χ3n) is 4.17. The molecule has 0 saturated carbocycles. The Morgan fingerprint density at radius 3 is 1.29 bits per heavy atom. The maximum absolute atomic E-state index is 3.38. The maximum Gasteiger partial charge on any atom is 2.00 e. The largest absolute Gasteiger partial charge is 2.00 e. The second kappa shape index (κ2) is 15.8. The summed E-state index contributed by atoms with van der Waals surface area (Å²) in [5, 5.41) is 5.46. The van der Waals surface area contributed by atoms with Gasteiger partial charge in [-0.2, -0.15) is 12.1 Å². The van der Waals surface area contributed by atoms with Crippen LogP contribution in [0, 0.1) is 13.8 Å². The van der Waals surface area contributed by atoms with Gasteiger partial charge in [0.05, 0.1) is 0 Å². The molecule has 28 heavy (non-hydrogen) atoms. The van der Waals surface area contributed by atoms with Gasteiger partial charge in [0.15, 0.2) is 0 Å². The first-order valence-electron chi connectivity index (χ1n) is 9.09. The molecule has 0 amide bonds. The molecular formula is C25H28Cl2Ti-4. The quantitative estimate of drug-likeness (QED) is 0.321. The standard InChI is InChI=1S/2C11H11.C3H6.2ClH.Ti/c2*1-2-9-7-10-5-3-4-6-11(10)8-9;1-3-2;;;/h2*3-8H,2H2,1H3;1-3H2;2*1H;/q2*-1;-2;;;+2/p-2. The Morgan fingerprint density at radius 2 is 1.00 bits per heavy atom. The van der Waals surface area contributed by atoms with Gasteiger partial charge in [-0.25, -0.2) is 0 Å². The first-order chi connectivity index (χ1) is 12.2. The van der Waals surface area contributed by atoms with E-state index in [1.54, 1.807) is 0 Å². The van der Waals surface area contributed by atoms with Crippen molar-refractivity contribution >= 4 is 21.5 Å². The molecular weight excluding hydrogens is 419 g/mol. The van der Waals surface area contributed by atoms with E-state index in [2.05, 4.69) is 100 Å². The zero-order valence-electron chi connectivity index (χ0n) is 16.7. The first kappa shape index (κ1) is 29.2. The monoisotopic (exact) mass is 446 g/mol. The number of hydrogen-bond acceptors (Lipinski definition) is 0. The Balaban J connectivity index is 0. The van der Waals surface area contributed by atoms with Gasteiger partial charge in [-0.3, -0.25) is 0 Å². The Labute approximate surface area is 198 Å². The summed E-state index contributed by atoms with van der Waals surface area (Å²) in [6.07, 6.45) is 3.02. The van der Waals surface area contributed by atoms with Gasteiger partial charge in [-0.15, -0.1) is 81.2 Å². The van der Waals surface area contributed by atoms with Crippen molar-refractivity contribution in [2.24, 2.45) is 0 Å². The normalized spacial score (nSPS) is 9.00. The van der Waals surface area contributed by atoms with Crippen LogP contribution in [0.5, 0.6) is 0 Å². The van der Waals surface area contributed by atoms with Gasteiger partial charge in [-0.05, 0) is 12.8 Å².